The molecule has 1 aliphatic heterocycles. The van der Waals surface area contributed by atoms with E-state index in [2.05, 4.69) is 104 Å². The van der Waals surface area contributed by atoms with Crippen LogP contribution in [0.4, 0.5) is 0 Å². The lowest BCUT2D eigenvalue weighted by Crippen LogP contribution is -2.41. The molecule has 4 aromatic rings. The fraction of sp³-hybridized carbons (Fsp3) is 0.385. The molecule has 0 bridgehead atoms. The molecule has 3 heterocycles. The molecule has 2 aromatic carbocycles. The summed E-state index contributed by atoms with van der Waals surface area (Å²) in [5.41, 5.74) is 5.65. The fourth-order valence-electron chi connectivity index (χ4n) is 4.18. The van der Waals surface area contributed by atoms with Gasteiger partial charge in [0.25, 0.3) is 0 Å². The van der Waals surface area contributed by atoms with Gasteiger partial charge >= 0.3 is 7.12 Å². The third kappa shape index (κ3) is 4.04. The summed E-state index contributed by atoms with van der Waals surface area (Å²) in [5.74, 6) is 0. The lowest BCUT2D eigenvalue weighted by atomic mass is 9.76. The summed E-state index contributed by atoms with van der Waals surface area (Å²) in [5, 5.41) is 2.47. The quantitative estimate of drug-likeness (QED) is 0.318. The second-order valence-electron chi connectivity index (χ2n) is 9.35. The number of nitrogens with one attached hydrogen (secondary N) is 2. The first-order valence-electron chi connectivity index (χ1n) is 11.4. The first-order valence-corrected chi connectivity index (χ1v) is 12.2. The molecule has 1 aliphatic rings. The standard InChI is InChI=1S/C16H22BNO2.C10H10BrN/c1-6-11-7-8-13(12-9-10-18-14(11)12)17-19-15(2,3)16(4,5)20-17;1-2-7-3-4-9(11)8-5-6-12-10(7)8/h7-10,18H,6H2,1-5H3;3-6,12H,2H2,1H3. The van der Waals surface area contributed by atoms with Crippen LogP contribution in [0.15, 0.2) is 53.3 Å². The molecule has 32 heavy (non-hydrogen) atoms. The number of aromatic nitrogens is 2. The van der Waals surface area contributed by atoms with E-state index in [4.69, 9.17) is 9.31 Å². The Morgan fingerprint density at radius 2 is 1.25 bits per heavy atom. The van der Waals surface area contributed by atoms with E-state index >= 15 is 0 Å². The molecule has 2 aromatic heterocycles. The van der Waals surface area contributed by atoms with Gasteiger partial charge in [-0.2, -0.15) is 0 Å². The Morgan fingerprint density at radius 3 is 1.81 bits per heavy atom. The Labute approximate surface area is 199 Å². The van der Waals surface area contributed by atoms with Crippen molar-refractivity contribution in [2.45, 2.75) is 65.6 Å². The third-order valence-corrected chi connectivity index (χ3v) is 7.56. The van der Waals surface area contributed by atoms with Gasteiger partial charge in [0.05, 0.1) is 11.2 Å². The summed E-state index contributed by atoms with van der Waals surface area (Å²) >= 11 is 3.52. The highest BCUT2D eigenvalue weighted by molar-refractivity contribution is 9.10. The van der Waals surface area contributed by atoms with Crippen molar-refractivity contribution in [2.24, 2.45) is 0 Å². The molecule has 6 heteroatoms. The zero-order valence-electron chi connectivity index (χ0n) is 19.8. The number of aryl methyl sites for hydroxylation is 2. The summed E-state index contributed by atoms with van der Waals surface area (Å²) in [6.07, 6.45) is 6.05. The Kier molecular flexibility index (Phi) is 6.32. The predicted molar refractivity (Wildman–Crippen MR) is 139 cm³/mol. The van der Waals surface area contributed by atoms with E-state index in [9.17, 15) is 0 Å². The second kappa shape index (κ2) is 8.73. The maximum atomic E-state index is 6.16. The van der Waals surface area contributed by atoms with Crippen LogP contribution in [-0.2, 0) is 22.2 Å². The molecule has 4 nitrogen and oxygen atoms in total. The third-order valence-electron chi connectivity index (χ3n) is 6.87. The van der Waals surface area contributed by atoms with Crippen LogP contribution in [0.1, 0.15) is 52.7 Å². The largest absolute Gasteiger partial charge is 0.495 e. The normalized spacial score (nSPS) is 17.0. The molecule has 1 saturated heterocycles. The van der Waals surface area contributed by atoms with E-state index in [1.54, 1.807) is 0 Å². The van der Waals surface area contributed by atoms with Crippen molar-refractivity contribution in [3.8, 4) is 0 Å². The minimum atomic E-state index is -0.302. The van der Waals surface area contributed by atoms with Crippen molar-refractivity contribution in [1.82, 2.24) is 9.97 Å². The number of fused-ring (bicyclic) bond motifs is 2. The van der Waals surface area contributed by atoms with Crippen LogP contribution in [0, 0.1) is 0 Å². The lowest BCUT2D eigenvalue weighted by molar-refractivity contribution is 0.00578. The molecule has 0 unspecified atom stereocenters. The molecule has 168 valence electrons. The number of halogens is 1. The van der Waals surface area contributed by atoms with Gasteiger partial charge in [-0.05, 0) is 80.7 Å². The molecule has 0 atom stereocenters. The Bertz CT molecular complexity index is 1230. The average molecular weight is 495 g/mol. The fourth-order valence-corrected chi connectivity index (χ4v) is 4.65. The van der Waals surface area contributed by atoms with E-state index in [0.29, 0.717) is 0 Å². The number of hydrogen-bond donors (Lipinski definition) is 2. The highest BCUT2D eigenvalue weighted by Crippen LogP contribution is 2.37. The van der Waals surface area contributed by atoms with Crippen molar-refractivity contribution < 1.29 is 9.31 Å². The monoisotopic (exact) mass is 494 g/mol. The van der Waals surface area contributed by atoms with Gasteiger partial charge in [-0.3, -0.25) is 0 Å². The summed E-state index contributed by atoms with van der Waals surface area (Å²) in [4.78, 5) is 6.58. The SMILES string of the molecule is CCc1ccc(B2OC(C)(C)C(C)(C)O2)c2cc[nH]c12.CCc1ccc(Br)c2cc[nH]c12. The summed E-state index contributed by atoms with van der Waals surface area (Å²) < 4.78 is 13.5. The van der Waals surface area contributed by atoms with Gasteiger partial charge in [0.15, 0.2) is 0 Å². The average Bonchev–Trinajstić information content (AvgIpc) is 3.47. The predicted octanol–water partition coefficient (Wildman–Crippen LogP) is 6.52. The minimum absolute atomic E-state index is 0.302. The van der Waals surface area contributed by atoms with Gasteiger partial charge in [-0.25, -0.2) is 0 Å². The number of benzene rings is 2. The summed E-state index contributed by atoms with van der Waals surface area (Å²) in [6, 6.07) is 12.8. The van der Waals surface area contributed by atoms with E-state index in [1.165, 1.54) is 32.9 Å². The zero-order valence-corrected chi connectivity index (χ0v) is 21.4. The van der Waals surface area contributed by atoms with Crippen LogP contribution < -0.4 is 5.46 Å². The topological polar surface area (TPSA) is 50.0 Å². The number of rotatable bonds is 3. The minimum Gasteiger partial charge on any atom is -0.399 e. The Morgan fingerprint density at radius 1 is 0.750 bits per heavy atom. The molecular formula is C26H32BBrN2O2. The van der Waals surface area contributed by atoms with Crippen LogP contribution in [0.3, 0.4) is 0 Å². The summed E-state index contributed by atoms with van der Waals surface area (Å²) in [7, 11) is -0.302. The van der Waals surface area contributed by atoms with Gasteiger partial charge in [0, 0.05) is 33.3 Å². The van der Waals surface area contributed by atoms with Crippen molar-refractivity contribution in [3.63, 3.8) is 0 Å². The molecule has 5 rings (SSSR count). The first-order chi connectivity index (χ1) is 15.2. The van der Waals surface area contributed by atoms with Gasteiger partial charge < -0.3 is 19.3 Å². The molecular weight excluding hydrogens is 463 g/mol. The summed E-state index contributed by atoms with van der Waals surface area (Å²) in [6.45, 7) is 12.7. The second-order valence-corrected chi connectivity index (χ2v) is 10.2. The molecule has 0 saturated carbocycles. The van der Waals surface area contributed by atoms with Crippen molar-refractivity contribution in [2.75, 3.05) is 0 Å². The van der Waals surface area contributed by atoms with Crippen LogP contribution >= 0.6 is 15.9 Å². The van der Waals surface area contributed by atoms with Gasteiger partial charge in [-0.15, -0.1) is 0 Å². The highest BCUT2D eigenvalue weighted by atomic mass is 79.9. The first kappa shape index (κ1) is 23.2. The number of hydrogen-bond acceptors (Lipinski definition) is 2. The molecule has 0 radical (unpaired) electrons. The van der Waals surface area contributed by atoms with Crippen LogP contribution in [0.25, 0.3) is 21.8 Å². The maximum Gasteiger partial charge on any atom is 0.495 e. The molecule has 0 amide bonds. The lowest BCUT2D eigenvalue weighted by Gasteiger charge is -2.32. The van der Waals surface area contributed by atoms with Crippen molar-refractivity contribution in [3.05, 3.63) is 64.4 Å². The van der Waals surface area contributed by atoms with Crippen molar-refractivity contribution in [1.29, 1.82) is 0 Å². The number of H-pyrrole nitrogens is 2. The molecule has 2 N–H and O–H groups in total. The number of aromatic amines is 2. The molecule has 1 fully saturated rings. The van der Waals surface area contributed by atoms with E-state index in [1.807, 2.05) is 12.4 Å². The Hall–Kier alpha value is -2.02. The molecule has 0 spiro atoms. The zero-order chi connectivity index (χ0) is 23.1. The van der Waals surface area contributed by atoms with Crippen LogP contribution in [-0.4, -0.2) is 28.3 Å². The highest BCUT2D eigenvalue weighted by Gasteiger charge is 2.52. The van der Waals surface area contributed by atoms with Crippen molar-refractivity contribution >= 4 is 50.3 Å². The maximum absolute atomic E-state index is 6.16. The Balaban J connectivity index is 0.000000174. The smallest absolute Gasteiger partial charge is 0.399 e. The van der Waals surface area contributed by atoms with Gasteiger partial charge in [0.1, 0.15) is 0 Å². The van der Waals surface area contributed by atoms with E-state index in [0.717, 1.165) is 22.8 Å². The van der Waals surface area contributed by atoms with Crippen LogP contribution in [0.5, 0.6) is 0 Å². The van der Waals surface area contributed by atoms with E-state index < -0.39 is 0 Å². The van der Waals surface area contributed by atoms with Gasteiger partial charge in [0.2, 0.25) is 0 Å². The van der Waals surface area contributed by atoms with Crippen LogP contribution in [0.2, 0.25) is 0 Å². The van der Waals surface area contributed by atoms with E-state index in [-0.39, 0.29) is 18.3 Å². The molecule has 0 aliphatic carbocycles. The van der Waals surface area contributed by atoms with Gasteiger partial charge in [-0.1, -0.05) is 48.0 Å².